The predicted molar refractivity (Wildman–Crippen MR) is 72.4 cm³/mol. The van der Waals surface area contributed by atoms with Crippen molar-refractivity contribution in [3.8, 4) is 5.75 Å². The smallest absolute Gasteiger partial charge is 0.420 e. The number of fused-ring (bicyclic) bond motifs is 1. The molecule has 2 rings (SSSR count). The van der Waals surface area contributed by atoms with Crippen LogP contribution in [0.3, 0.4) is 0 Å². The number of carbonyl (C=O) groups is 1. The minimum atomic E-state index is -0.574. The number of nitrogens with zero attached hydrogens (tertiary/aromatic N) is 2. The van der Waals surface area contributed by atoms with Crippen molar-refractivity contribution in [2.24, 2.45) is 0 Å². The number of hydrogen-bond donors (Lipinski definition) is 1. The average molecular weight is 262 g/mol. The van der Waals surface area contributed by atoms with Gasteiger partial charge < -0.3 is 9.84 Å². The Hall–Kier alpha value is -2.04. The van der Waals surface area contributed by atoms with Gasteiger partial charge in [0.1, 0.15) is 17.2 Å². The molecule has 102 valence electrons. The van der Waals surface area contributed by atoms with Crippen molar-refractivity contribution < 1.29 is 14.6 Å². The molecule has 19 heavy (non-hydrogen) atoms. The molecular formula is C14H18N2O3. The molecule has 0 aliphatic rings. The Morgan fingerprint density at radius 1 is 1.42 bits per heavy atom. The van der Waals surface area contributed by atoms with E-state index in [-0.39, 0.29) is 5.75 Å². The molecule has 5 heteroatoms. The summed E-state index contributed by atoms with van der Waals surface area (Å²) in [5.74, 6) is 0.717. The predicted octanol–water partition coefficient (Wildman–Crippen LogP) is 3.09. The maximum atomic E-state index is 12.2. The minimum absolute atomic E-state index is 0.0971. The molecule has 0 fully saturated rings. The summed E-state index contributed by atoms with van der Waals surface area (Å²) in [6, 6.07) is 4.75. The molecule has 0 aliphatic carbocycles. The molecule has 1 heterocycles. The Balaban J connectivity index is 2.56. The zero-order valence-corrected chi connectivity index (χ0v) is 11.6. The van der Waals surface area contributed by atoms with Gasteiger partial charge in [-0.25, -0.2) is 14.3 Å². The first-order valence-electron chi connectivity index (χ1n) is 6.25. The zero-order valence-electron chi connectivity index (χ0n) is 11.6. The van der Waals surface area contributed by atoms with Crippen LogP contribution in [-0.4, -0.2) is 26.4 Å². The highest BCUT2D eigenvalue weighted by atomic mass is 16.6. The number of carbonyl (C=O) groups excluding carboxylic acids is 1. The maximum Gasteiger partial charge on any atom is 0.420 e. The number of benzene rings is 1. The first kappa shape index (κ1) is 13.4. The van der Waals surface area contributed by atoms with Gasteiger partial charge in [0, 0.05) is 12.5 Å². The van der Waals surface area contributed by atoms with E-state index in [0.29, 0.717) is 23.3 Å². The molecule has 2 aromatic rings. The van der Waals surface area contributed by atoms with Crippen LogP contribution < -0.4 is 0 Å². The topological polar surface area (TPSA) is 64.4 Å². The molecule has 0 bridgehead atoms. The van der Waals surface area contributed by atoms with Gasteiger partial charge in [-0.15, -0.1) is 0 Å². The highest BCUT2D eigenvalue weighted by Gasteiger charge is 2.22. The van der Waals surface area contributed by atoms with Crippen molar-refractivity contribution in [1.29, 1.82) is 0 Å². The van der Waals surface area contributed by atoms with E-state index in [9.17, 15) is 9.90 Å². The van der Waals surface area contributed by atoms with Crippen LogP contribution >= 0.6 is 0 Å². The Morgan fingerprint density at radius 3 is 2.68 bits per heavy atom. The van der Waals surface area contributed by atoms with E-state index in [0.717, 1.165) is 0 Å². The van der Waals surface area contributed by atoms with Gasteiger partial charge in [-0.1, -0.05) is 6.92 Å². The molecule has 5 nitrogen and oxygen atoms in total. The Morgan fingerprint density at radius 2 is 2.11 bits per heavy atom. The van der Waals surface area contributed by atoms with Crippen molar-refractivity contribution >= 4 is 17.1 Å². The van der Waals surface area contributed by atoms with Gasteiger partial charge in [0.25, 0.3) is 0 Å². The summed E-state index contributed by atoms with van der Waals surface area (Å²) in [7, 11) is 0. The Labute approximate surface area is 111 Å². The van der Waals surface area contributed by atoms with Crippen LogP contribution in [0.5, 0.6) is 5.75 Å². The lowest BCUT2D eigenvalue weighted by molar-refractivity contribution is 0.0539. The average Bonchev–Trinajstić information content (AvgIpc) is 2.64. The van der Waals surface area contributed by atoms with Crippen LogP contribution in [0.1, 0.15) is 33.5 Å². The van der Waals surface area contributed by atoms with Crippen molar-refractivity contribution in [3.63, 3.8) is 0 Å². The highest BCUT2D eigenvalue weighted by molar-refractivity contribution is 5.88. The monoisotopic (exact) mass is 262 g/mol. The van der Waals surface area contributed by atoms with E-state index in [1.807, 2.05) is 27.7 Å². The third-order valence-electron chi connectivity index (χ3n) is 2.60. The fourth-order valence-corrected chi connectivity index (χ4v) is 1.86. The van der Waals surface area contributed by atoms with Gasteiger partial charge in [0.15, 0.2) is 0 Å². The second-order valence-corrected chi connectivity index (χ2v) is 5.37. The fourth-order valence-electron chi connectivity index (χ4n) is 1.86. The number of hydrogen-bond acceptors (Lipinski definition) is 4. The number of rotatable bonds is 1. The lowest BCUT2D eigenvalue weighted by Crippen LogP contribution is -2.28. The van der Waals surface area contributed by atoms with Crippen molar-refractivity contribution in [2.45, 2.75) is 39.7 Å². The molecule has 0 radical (unpaired) electrons. The van der Waals surface area contributed by atoms with E-state index in [1.54, 1.807) is 12.1 Å². The van der Waals surface area contributed by atoms with E-state index in [4.69, 9.17) is 4.74 Å². The van der Waals surface area contributed by atoms with E-state index in [1.165, 1.54) is 10.6 Å². The second-order valence-electron chi connectivity index (χ2n) is 5.37. The van der Waals surface area contributed by atoms with Gasteiger partial charge in [-0.05, 0) is 32.9 Å². The first-order valence-corrected chi connectivity index (χ1v) is 6.25. The fraction of sp³-hybridized carbons (Fsp3) is 0.429. The standard InChI is InChI=1S/C14H18N2O3/c1-5-12-15-10-7-6-9(17)8-11(10)16(12)13(18)19-14(2,3)4/h6-8,17H,5H2,1-4H3. The normalized spacial score (nSPS) is 11.8. The van der Waals surface area contributed by atoms with Crippen molar-refractivity contribution in [2.75, 3.05) is 0 Å². The number of phenolic OH excluding ortho intramolecular Hbond substituents is 1. The van der Waals surface area contributed by atoms with Crippen molar-refractivity contribution in [3.05, 3.63) is 24.0 Å². The highest BCUT2D eigenvalue weighted by Crippen LogP contribution is 2.23. The minimum Gasteiger partial charge on any atom is -0.508 e. The molecular weight excluding hydrogens is 244 g/mol. The largest absolute Gasteiger partial charge is 0.508 e. The third kappa shape index (κ3) is 2.70. The number of imidazole rings is 1. The van der Waals surface area contributed by atoms with Crippen LogP contribution in [0.15, 0.2) is 18.2 Å². The Kier molecular flexibility index (Phi) is 3.22. The van der Waals surface area contributed by atoms with Crippen LogP contribution in [-0.2, 0) is 11.2 Å². The van der Waals surface area contributed by atoms with E-state index >= 15 is 0 Å². The summed E-state index contributed by atoms with van der Waals surface area (Å²) < 4.78 is 6.79. The molecule has 1 aromatic heterocycles. The Bertz CT molecular complexity index is 623. The van der Waals surface area contributed by atoms with Gasteiger partial charge in [-0.2, -0.15) is 0 Å². The molecule has 0 saturated heterocycles. The second kappa shape index (κ2) is 4.57. The SMILES string of the molecule is CCc1nc2ccc(O)cc2n1C(=O)OC(C)(C)C. The first-order chi connectivity index (χ1) is 8.81. The quantitative estimate of drug-likeness (QED) is 0.857. The molecule has 0 unspecified atom stereocenters. The lowest BCUT2D eigenvalue weighted by atomic mass is 10.2. The lowest BCUT2D eigenvalue weighted by Gasteiger charge is -2.20. The van der Waals surface area contributed by atoms with Crippen LogP contribution in [0.2, 0.25) is 0 Å². The third-order valence-corrected chi connectivity index (χ3v) is 2.60. The van der Waals surface area contributed by atoms with Crippen LogP contribution in [0.4, 0.5) is 4.79 Å². The molecule has 1 N–H and O–H groups in total. The van der Waals surface area contributed by atoms with E-state index in [2.05, 4.69) is 4.98 Å². The zero-order chi connectivity index (χ0) is 14.2. The summed E-state index contributed by atoms with van der Waals surface area (Å²) in [6.07, 6.45) is 0.131. The number of ether oxygens (including phenoxy) is 1. The summed E-state index contributed by atoms with van der Waals surface area (Å²) in [4.78, 5) is 16.6. The number of aryl methyl sites for hydroxylation is 1. The molecule has 0 aliphatic heterocycles. The van der Waals surface area contributed by atoms with Gasteiger partial charge in [0.05, 0.1) is 11.0 Å². The molecule has 0 saturated carbocycles. The van der Waals surface area contributed by atoms with E-state index < -0.39 is 11.7 Å². The van der Waals surface area contributed by atoms with Gasteiger partial charge >= 0.3 is 6.09 Å². The number of phenols is 1. The molecule has 0 spiro atoms. The number of aromatic nitrogens is 2. The maximum absolute atomic E-state index is 12.2. The molecule has 0 atom stereocenters. The molecule has 0 amide bonds. The summed E-state index contributed by atoms with van der Waals surface area (Å²) in [6.45, 7) is 7.36. The molecule has 1 aromatic carbocycles. The number of aromatic hydroxyl groups is 1. The van der Waals surface area contributed by atoms with Crippen molar-refractivity contribution in [1.82, 2.24) is 9.55 Å². The van der Waals surface area contributed by atoms with Crippen LogP contribution in [0.25, 0.3) is 11.0 Å². The van der Waals surface area contributed by atoms with Gasteiger partial charge in [0.2, 0.25) is 0 Å². The summed E-state index contributed by atoms with van der Waals surface area (Å²) >= 11 is 0. The van der Waals surface area contributed by atoms with Gasteiger partial charge in [-0.3, -0.25) is 0 Å². The summed E-state index contributed by atoms with van der Waals surface area (Å²) in [5.41, 5.74) is 0.654. The summed E-state index contributed by atoms with van der Waals surface area (Å²) in [5, 5.41) is 9.56. The van der Waals surface area contributed by atoms with Crippen LogP contribution in [0, 0.1) is 0 Å².